The molecule has 0 aliphatic heterocycles. The Morgan fingerprint density at radius 3 is 2.79 bits per heavy atom. The normalized spacial score (nSPS) is 10.1. The fraction of sp³-hybridized carbons (Fsp3) is 0.455. The highest BCUT2D eigenvalue weighted by molar-refractivity contribution is 5.33. The van der Waals surface area contributed by atoms with Gasteiger partial charge in [0.15, 0.2) is 6.79 Å². The Balaban J connectivity index is 2.55. The molecule has 1 aromatic carbocycles. The highest BCUT2D eigenvalue weighted by Crippen LogP contribution is 2.17. The number of ether oxygens (including phenoxy) is 2. The second-order valence-electron chi connectivity index (χ2n) is 2.84. The molecule has 1 N–H and O–H groups in total. The number of para-hydroxylation sites is 1. The SMILES string of the molecule is CCOCOc1ccccc1CCO. The smallest absolute Gasteiger partial charge is 0.189 e. The van der Waals surface area contributed by atoms with Crippen LogP contribution in [0.25, 0.3) is 0 Å². The molecule has 0 saturated heterocycles. The fourth-order valence-corrected chi connectivity index (χ4v) is 1.16. The summed E-state index contributed by atoms with van der Waals surface area (Å²) in [6, 6.07) is 7.65. The second-order valence-corrected chi connectivity index (χ2v) is 2.84. The molecule has 1 rings (SSSR count). The van der Waals surface area contributed by atoms with Gasteiger partial charge in [-0.25, -0.2) is 0 Å². The van der Waals surface area contributed by atoms with Crippen LogP contribution in [0.3, 0.4) is 0 Å². The Morgan fingerprint density at radius 2 is 2.07 bits per heavy atom. The molecule has 3 heteroatoms. The number of hydrogen-bond acceptors (Lipinski definition) is 3. The van der Waals surface area contributed by atoms with Gasteiger partial charge in [0.1, 0.15) is 5.75 Å². The van der Waals surface area contributed by atoms with E-state index in [2.05, 4.69) is 0 Å². The minimum absolute atomic E-state index is 0.134. The third-order valence-corrected chi connectivity index (χ3v) is 1.86. The molecule has 0 unspecified atom stereocenters. The molecule has 0 heterocycles. The molecular weight excluding hydrogens is 180 g/mol. The molecule has 0 bridgehead atoms. The summed E-state index contributed by atoms with van der Waals surface area (Å²) in [5, 5.41) is 8.83. The molecule has 0 fully saturated rings. The van der Waals surface area contributed by atoms with E-state index >= 15 is 0 Å². The van der Waals surface area contributed by atoms with Crippen molar-refractivity contribution in [3.63, 3.8) is 0 Å². The Kier molecular flexibility index (Phi) is 5.04. The average Bonchev–Trinajstić information content (AvgIpc) is 2.21. The lowest BCUT2D eigenvalue weighted by Crippen LogP contribution is -2.04. The topological polar surface area (TPSA) is 38.7 Å². The number of aliphatic hydroxyl groups excluding tert-OH is 1. The first-order chi connectivity index (χ1) is 6.88. The van der Waals surface area contributed by atoms with Gasteiger partial charge in [0.05, 0.1) is 0 Å². The fourth-order valence-electron chi connectivity index (χ4n) is 1.16. The average molecular weight is 196 g/mol. The molecule has 0 aliphatic rings. The van der Waals surface area contributed by atoms with Crippen LogP contribution in [0.2, 0.25) is 0 Å². The molecule has 0 amide bonds. The monoisotopic (exact) mass is 196 g/mol. The molecule has 0 aromatic heterocycles. The van der Waals surface area contributed by atoms with E-state index in [0.717, 1.165) is 11.3 Å². The lowest BCUT2D eigenvalue weighted by atomic mass is 10.1. The van der Waals surface area contributed by atoms with Crippen molar-refractivity contribution < 1.29 is 14.6 Å². The lowest BCUT2D eigenvalue weighted by Gasteiger charge is -2.09. The predicted octanol–water partition coefficient (Wildman–Crippen LogP) is 1.59. The second kappa shape index (κ2) is 6.40. The van der Waals surface area contributed by atoms with E-state index in [1.165, 1.54) is 0 Å². The van der Waals surface area contributed by atoms with E-state index < -0.39 is 0 Å². The summed E-state index contributed by atoms with van der Waals surface area (Å²) in [4.78, 5) is 0. The van der Waals surface area contributed by atoms with Crippen molar-refractivity contribution in [3.05, 3.63) is 29.8 Å². The van der Waals surface area contributed by atoms with Crippen molar-refractivity contribution >= 4 is 0 Å². The van der Waals surface area contributed by atoms with Crippen LogP contribution in [-0.4, -0.2) is 25.1 Å². The van der Waals surface area contributed by atoms with Gasteiger partial charge in [-0.1, -0.05) is 18.2 Å². The molecule has 3 nitrogen and oxygen atoms in total. The molecule has 0 saturated carbocycles. The van der Waals surface area contributed by atoms with Crippen LogP contribution in [0.4, 0.5) is 0 Å². The molecular formula is C11H16O3. The van der Waals surface area contributed by atoms with Crippen molar-refractivity contribution in [2.24, 2.45) is 0 Å². The van der Waals surface area contributed by atoms with Gasteiger partial charge in [0.25, 0.3) is 0 Å². The first kappa shape index (κ1) is 11.0. The van der Waals surface area contributed by atoms with Crippen molar-refractivity contribution in [2.45, 2.75) is 13.3 Å². The Hall–Kier alpha value is -1.06. The van der Waals surface area contributed by atoms with Gasteiger partial charge in [0.2, 0.25) is 0 Å². The minimum Gasteiger partial charge on any atom is -0.467 e. The van der Waals surface area contributed by atoms with Crippen molar-refractivity contribution in [2.75, 3.05) is 20.0 Å². The lowest BCUT2D eigenvalue weighted by molar-refractivity contribution is 0.0217. The standard InChI is InChI=1S/C11H16O3/c1-2-13-9-14-11-6-4-3-5-10(11)7-8-12/h3-6,12H,2,7-9H2,1H3. The van der Waals surface area contributed by atoms with E-state index in [1.54, 1.807) is 0 Å². The quantitative estimate of drug-likeness (QED) is 0.554. The molecule has 78 valence electrons. The Labute approximate surface area is 84.3 Å². The number of hydrogen-bond donors (Lipinski definition) is 1. The maximum atomic E-state index is 8.83. The van der Waals surface area contributed by atoms with Crippen molar-refractivity contribution in [1.82, 2.24) is 0 Å². The molecule has 14 heavy (non-hydrogen) atoms. The van der Waals surface area contributed by atoms with Crippen molar-refractivity contribution in [1.29, 1.82) is 0 Å². The summed E-state index contributed by atoms with van der Waals surface area (Å²) in [6.45, 7) is 2.96. The van der Waals surface area contributed by atoms with Gasteiger partial charge in [0, 0.05) is 13.2 Å². The van der Waals surface area contributed by atoms with E-state index in [-0.39, 0.29) is 13.4 Å². The Bertz CT molecular complexity index is 260. The highest BCUT2D eigenvalue weighted by atomic mass is 16.7. The summed E-state index contributed by atoms with van der Waals surface area (Å²) in [6.07, 6.45) is 0.613. The number of rotatable bonds is 6. The first-order valence-electron chi connectivity index (χ1n) is 4.77. The Morgan fingerprint density at radius 1 is 1.29 bits per heavy atom. The molecule has 0 aliphatic carbocycles. The summed E-state index contributed by atoms with van der Waals surface area (Å²) >= 11 is 0. The van der Waals surface area contributed by atoms with Gasteiger partial charge in [-0.3, -0.25) is 0 Å². The van der Waals surface area contributed by atoms with E-state index in [1.807, 2.05) is 31.2 Å². The van der Waals surface area contributed by atoms with Crippen LogP contribution >= 0.6 is 0 Å². The van der Waals surface area contributed by atoms with Crippen molar-refractivity contribution in [3.8, 4) is 5.75 Å². The van der Waals surface area contributed by atoms with Crippen LogP contribution in [-0.2, 0) is 11.2 Å². The molecule has 0 spiro atoms. The van der Waals surface area contributed by atoms with Crippen LogP contribution in [0.5, 0.6) is 5.75 Å². The van der Waals surface area contributed by atoms with Crippen LogP contribution in [0.1, 0.15) is 12.5 Å². The molecule has 0 atom stereocenters. The maximum absolute atomic E-state index is 8.83. The van der Waals surface area contributed by atoms with Crippen LogP contribution in [0, 0.1) is 0 Å². The predicted molar refractivity (Wildman–Crippen MR) is 54.4 cm³/mol. The van der Waals surface area contributed by atoms with E-state index in [0.29, 0.717) is 13.0 Å². The third-order valence-electron chi connectivity index (χ3n) is 1.86. The van der Waals surface area contributed by atoms with Gasteiger partial charge in [-0.15, -0.1) is 0 Å². The number of benzene rings is 1. The maximum Gasteiger partial charge on any atom is 0.189 e. The third kappa shape index (κ3) is 3.36. The summed E-state index contributed by atoms with van der Waals surface area (Å²) < 4.78 is 10.5. The summed E-state index contributed by atoms with van der Waals surface area (Å²) in [7, 11) is 0. The van der Waals surface area contributed by atoms with E-state index in [4.69, 9.17) is 14.6 Å². The van der Waals surface area contributed by atoms with Gasteiger partial charge in [-0.05, 0) is 25.0 Å². The molecule has 1 aromatic rings. The largest absolute Gasteiger partial charge is 0.467 e. The van der Waals surface area contributed by atoms with Crippen LogP contribution < -0.4 is 4.74 Å². The minimum atomic E-state index is 0.134. The van der Waals surface area contributed by atoms with Gasteiger partial charge < -0.3 is 14.6 Å². The summed E-state index contributed by atoms with van der Waals surface area (Å²) in [5.41, 5.74) is 1.01. The first-order valence-corrected chi connectivity index (χ1v) is 4.77. The van der Waals surface area contributed by atoms with Gasteiger partial charge >= 0.3 is 0 Å². The van der Waals surface area contributed by atoms with E-state index in [9.17, 15) is 0 Å². The zero-order valence-corrected chi connectivity index (χ0v) is 8.40. The summed E-state index contributed by atoms with van der Waals surface area (Å²) in [5.74, 6) is 0.787. The van der Waals surface area contributed by atoms with Crippen LogP contribution in [0.15, 0.2) is 24.3 Å². The number of aliphatic hydroxyl groups is 1. The zero-order chi connectivity index (χ0) is 10.2. The molecule has 0 radical (unpaired) electrons. The zero-order valence-electron chi connectivity index (χ0n) is 8.40. The highest BCUT2D eigenvalue weighted by Gasteiger charge is 2.01. The van der Waals surface area contributed by atoms with Gasteiger partial charge in [-0.2, -0.15) is 0 Å².